The number of nitrogens with one attached hydrogen (secondary N) is 1. The third-order valence-corrected chi connectivity index (χ3v) is 1.67. The minimum absolute atomic E-state index is 0.104. The van der Waals surface area contributed by atoms with Crippen molar-refractivity contribution in [3.8, 4) is 0 Å². The van der Waals surface area contributed by atoms with Crippen molar-refractivity contribution in [2.45, 2.75) is 26.3 Å². The summed E-state index contributed by atoms with van der Waals surface area (Å²) < 4.78 is 0. The summed E-state index contributed by atoms with van der Waals surface area (Å²) in [7, 11) is 0. The Morgan fingerprint density at radius 2 is 2.30 bits per heavy atom. The fourth-order valence-corrected chi connectivity index (χ4v) is 0.587. The third kappa shape index (κ3) is 2.33. The fourth-order valence-electron chi connectivity index (χ4n) is 0.587. The van der Waals surface area contributed by atoms with Crippen LogP contribution in [0.1, 0.15) is 20.3 Å². The molecule has 2 unspecified atom stereocenters. The molecule has 0 heterocycles. The van der Waals surface area contributed by atoms with E-state index in [4.69, 9.17) is 10.9 Å². The predicted octanol–water partition coefficient (Wildman–Crippen LogP) is -0.135. The average molecular weight is 146 g/mol. The molecule has 0 spiro atoms. The van der Waals surface area contributed by atoms with E-state index in [9.17, 15) is 4.79 Å². The topological polar surface area (TPSA) is 75.4 Å². The van der Waals surface area contributed by atoms with Crippen LogP contribution in [0, 0.1) is 5.92 Å². The molecule has 0 aromatic rings. The lowest BCUT2D eigenvalue weighted by atomic mass is 10.00. The van der Waals surface area contributed by atoms with E-state index in [1.807, 2.05) is 13.8 Å². The SMILES string of the molecule is CCC(C)C(N)C(=O)NO. The maximum absolute atomic E-state index is 10.6. The lowest BCUT2D eigenvalue weighted by Gasteiger charge is -2.14. The zero-order valence-electron chi connectivity index (χ0n) is 6.29. The van der Waals surface area contributed by atoms with Crippen LogP contribution >= 0.6 is 0 Å². The molecule has 60 valence electrons. The van der Waals surface area contributed by atoms with Crippen molar-refractivity contribution in [3.63, 3.8) is 0 Å². The van der Waals surface area contributed by atoms with E-state index in [1.165, 1.54) is 5.48 Å². The molecule has 4 nitrogen and oxygen atoms in total. The lowest BCUT2D eigenvalue weighted by molar-refractivity contribution is -0.131. The van der Waals surface area contributed by atoms with Crippen molar-refractivity contribution in [2.24, 2.45) is 11.7 Å². The number of hydrogen-bond acceptors (Lipinski definition) is 3. The van der Waals surface area contributed by atoms with Crippen LogP contribution in [0.3, 0.4) is 0 Å². The summed E-state index contributed by atoms with van der Waals surface area (Å²) in [5.74, 6) is -0.415. The van der Waals surface area contributed by atoms with Gasteiger partial charge in [0.15, 0.2) is 0 Å². The number of hydroxylamine groups is 1. The largest absolute Gasteiger partial charge is 0.320 e. The number of rotatable bonds is 3. The molecule has 4 heteroatoms. The Hall–Kier alpha value is -0.610. The molecule has 2 atom stereocenters. The number of hydrogen-bond donors (Lipinski definition) is 3. The Labute approximate surface area is 60.4 Å². The second kappa shape index (κ2) is 4.24. The van der Waals surface area contributed by atoms with Gasteiger partial charge in [-0.25, -0.2) is 5.48 Å². The zero-order chi connectivity index (χ0) is 8.15. The van der Waals surface area contributed by atoms with Crippen LogP contribution in [0.15, 0.2) is 0 Å². The number of carbonyl (C=O) groups is 1. The van der Waals surface area contributed by atoms with Gasteiger partial charge in [-0.3, -0.25) is 10.0 Å². The molecule has 0 fully saturated rings. The Morgan fingerprint density at radius 3 is 2.60 bits per heavy atom. The summed E-state index contributed by atoms with van der Waals surface area (Å²) in [6, 6.07) is -0.602. The summed E-state index contributed by atoms with van der Waals surface area (Å²) in [6.07, 6.45) is 0.828. The maximum Gasteiger partial charge on any atom is 0.260 e. The van der Waals surface area contributed by atoms with E-state index in [1.54, 1.807) is 0 Å². The van der Waals surface area contributed by atoms with Crippen LogP contribution in [0.4, 0.5) is 0 Å². The van der Waals surface area contributed by atoms with Crippen molar-refractivity contribution in [1.82, 2.24) is 5.48 Å². The number of carbonyl (C=O) groups excluding carboxylic acids is 1. The van der Waals surface area contributed by atoms with Crippen LogP contribution in [-0.2, 0) is 4.79 Å². The Morgan fingerprint density at radius 1 is 1.80 bits per heavy atom. The van der Waals surface area contributed by atoms with Gasteiger partial charge in [-0.2, -0.15) is 0 Å². The second-order valence-electron chi connectivity index (χ2n) is 2.39. The van der Waals surface area contributed by atoms with Crippen molar-refractivity contribution in [1.29, 1.82) is 0 Å². The molecular weight excluding hydrogens is 132 g/mol. The minimum atomic E-state index is -0.602. The molecule has 0 saturated carbocycles. The second-order valence-corrected chi connectivity index (χ2v) is 2.39. The van der Waals surface area contributed by atoms with Gasteiger partial charge in [0.05, 0.1) is 6.04 Å². The number of amides is 1. The first-order chi connectivity index (χ1) is 4.63. The van der Waals surface area contributed by atoms with E-state index in [0.29, 0.717) is 0 Å². The fraction of sp³-hybridized carbons (Fsp3) is 0.833. The molecule has 4 N–H and O–H groups in total. The zero-order valence-corrected chi connectivity index (χ0v) is 6.29. The summed E-state index contributed by atoms with van der Waals surface area (Å²) in [5, 5.41) is 8.17. The van der Waals surface area contributed by atoms with E-state index >= 15 is 0 Å². The van der Waals surface area contributed by atoms with Crippen molar-refractivity contribution in [2.75, 3.05) is 0 Å². The van der Waals surface area contributed by atoms with E-state index in [0.717, 1.165) is 6.42 Å². The highest BCUT2D eigenvalue weighted by Crippen LogP contribution is 2.04. The van der Waals surface area contributed by atoms with Crippen LogP contribution in [0.5, 0.6) is 0 Å². The Kier molecular flexibility index (Phi) is 3.99. The van der Waals surface area contributed by atoms with Gasteiger partial charge < -0.3 is 5.73 Å². The van der Waals surface area contributed by atoms with E-state index < -0.39 is 11.9 Å². The molecule has 10 heavy (non-hydrogen) atoms. The summed E-state index contributed by atoms with van der Waals surface area (Å²) >= 11 is 0. The molecular formula is C6H14N2O2. The smallest absolute Gasteiger partial charge is 0.260 e. The lowest BCUT2D eigenvalue weighted by Crippen LogP contribution is -2.43. The van der Waals surface area contributed by atoms with E-state index in [-0.39, 0.29) is 5.92 Å². The predicted molar refractivity (Wildman–Crippen MR) is 37.4 cm³/mol. The quantitative estimate of drug-likeness (QED) is 0.383. The first-order valence-corrected chi connectivity index (χ1v) is 3.33. The molecule has 0 saturated heterocycles. The summed E-state index contributed by atoms with van der Waals surface area (Å²) in [6.45, 7) is 3.80. The van der Waals surface area contributed by atoms with Crippen LogP contribution in [0.25, 0.3) is 0 Å². The standard InChI is InChI=1S/C6H14N2O2/c1-3-4(2)5(7)6(9)8-10/h4-5,10H,3,7H2,1-2H3,(H,8,9). The van der Waals surface area contributed by atoms with Gasteiger partial charge in [0.1, 0.15) is 0 Å². The summed E-state index contributed by atoms with van der Waals surface area (Å²) in [5.41, 5.74) is 6.93. The van der Waals surface area contributed by atoms with Gasteiger partial charge in [-0.05, 0) is 5.92 Å². The van der Waals surface area contributed by atoms with Crippen LogP contribution < -0.4 is 11.2 Å². The molecule has 0 aromatic heterocycles. The Bertz CT molecular complexity index is 116. The van der Waals surface area contributed by atoms with Gasteiger partial charge in [-0.1, -0.05) is 20.3 Å². The Balaban J connectivity index is 3.81. The average Bonchev–Trinajstić information content (AvgIpc) is 2.00. The molecule has 0 aliphatic carbocycles. The van der Waals surface area contributed by atoms with Crippen molar-refractivity contribution < 1.29 is 10.0 Å². The summed E-state index contributed by atoms with van der Waals surface area (Å²) in [4.78, 5) is 10.6. The number of nitrogens with two attached hydrogens (primary N) is 1. The third-order valence-electron chi connectivity index (χ3n) is 1.67. The highest BCUT2D eigenvalue weighted by Gasteiger charge is 2.17. The van der Waals surface area contributed by atoms with Gasteiger partial charge in [0, 0.05) is 0 Å². The highest BCUT2D eigenvalue weighted by atomic mass is 16.5. The highest BCUT2D eigenvalue weighted by molar-refractivity contribution is 5.80. The van der Waals surface area contributed by atoms with Crippen LogP contribution in [-0.4, -0.2) is 17.2 Å². The molecule has 0 aliphatic rings. The van der Waals surface area contributed by atoms with Gasteiger partial charge >= 0.3 is 0 Å². The molecule has 0 rings (SSSR count). The van der Waals surface area contributed by atoms with Gasteiger partial charge in [0.25, 0.3) is 5.91 Å². The molecule has 0 radical (unpaired) electrons. The van der Waals surface area contributed by atoms with Crippen molar-refractivity contribution >= 4 is 5.91 Å². The normalized spacial score (nSPS) is 16.0. The molecule has 0 aromatic carbocycles. The molecule has 0 bridgehead atoms. The van der Waals surface area contributed by atoms with Crippen molar-refractivity contribution in [3.05, 3.63) is 0 Å². The monoisotopic (exact) mass is 146 g/mol. The minimum Gasteiger partial charge on any atom is -0.320 e. The first kappa shape index (κ1) is 9.39. The maximum atomic E-state index is 10.6. The molecule has 1 amide bonds. The molecule has 0 aliphatic heterocycles. The van der Waals surface area contributed by atoms with E-state index in [2.05, 4.69) is 0 Å². The van der Waals surface area contributed by atoms with Gasteiger partial charge in [-0.15, -0.1) is 0 Å². The van der Waals surface area contributed by atoms with Crippen LogP contribution in [0.2, 0.25) is 0 Å². The van der Waals surface area contributed by atoms with Gasteiger partial charge in [0.2, 0.25) is 0 Å². The first-order valence-electron chi connectivity index (χ1n) is 3.33.